The minimum Gasteiger partial charge on any atom is -0.456 e. The largest absolute Gasteiger partial charge is 0.456 e. The zero-order valence-corrected chi connectivity index (χ0v) is 32.1. The number of furan rings is 1. The first kappa shape index (κ1) is 34.5. The maximum absolute atomic E-state index is 15.8. The summed E-state index contributed by atoms with van der Waals surface area (Å²) >= 11 is 1.89. The summed E-state index contributed by atoms with van der Waals surface area (Å²) in [5.41, 5.74) is 13.5. The van der Waals surface area contributed by atoms with Crippen LogP contribution in [-0.4, -0.2) is 10.7 Å². The number of fused-ring (bicyclic) bond motifs is 8. The van der Waals surface area contributed by atoms with E-state index in [0.29, 0.717) is 18.6 Å². The lowest BCUT2D eigenvalue weighted by Crippen LogP contribution is -2.39. The highest BCUT2D eigenvalue weighted by molar-refractivity contribution is 7.99. The highest BCUT2D eigenvalue weighted by Crippen LogP contribution is 2.69. The van der Waals surface area contributed by atoms with Crippen LogP contribution in [0.15, 0.2) is 185 Å². The quantitative estimate of drug-likeness (QED) is 0.175. The molecule has 3 heterocycles. The average molecular weight is 764 g/mol. The fourth-order valence-electron chi connectivity index (χ4n) is 10.5. The average Bonchev–Trinajstić information content (AvgIpc) is 3.72. The number of allylic oxidation sites excluding steroid dienone is 11. The Morgan fingerprint density at radius 1 is 0.825 bits per heavy atom. The van der Waals surface area contributed by atoms with Crippen molar-refractivity contribution >= 4 is 33.9 Å². The van der Waals surface area contributed by atoms with Crippen molar-refractivity contribution in [3.8, 4) is 11.3 Å². The molecular formula is C52H39F2NOS. The number of hydrogen-bond acceptors (Lipinski definition) is 3. The molecule has 4 aromatic carbocycles. The Kier molecular flexibility index (Phi) is 8.29. The third-order valence-corrected chi connectivity index (χ3v) is 14.1. The third kappa shape index (κ3) is 5.39. The van der Waals surface area contributed by atoms with Crippen LogP contribution in [0.2, 0.25) is 0 Å². The molecule has 2 nitrogen and oxygen atoms in total. The van der Waals surface area contributed by atoms with Crippen LogP contribution in [0.4, 0.5) is 8.78 Å². The number of para-hydroxylation sites is 1. The molecule has 4 atom stereocenters. The van der Waals surface area contributed by atoms with Crippen LogP contribution >= 0.6 is 11.8 Å². The van der Waals surface area contributed by atoms with Crippen LogP contribution < -0.4 is 0 Å². The second kappa shape index (κ2) is 13.7. The highest BCUT2D eigenvalue weighted by Gasteiger charge is 2.59. The normalized spacial score (nSPS) is 23.7. The number of nitrogens with zero attached hydrogens (tertiary/aromatic N) is 1. The van der Waals surface area contributed by atoms with E-state index in [1.165, 1.54) is 39.5 Å². The molecule has 0 spiro atoms. The summed E-state index contributed by atoms with van der Waals surface area (Å²) in [5, 5.41) is 1.04. The summed E-state index contributed by atoms with van der Waals surface area (Å²) in [6, 6.07) is 39.1. The molecule has 4 aliphatic carbocycles. The van der Waals surface area contributed by atoms with Crippen LogP contribution in [0, 0.1) is 11.7 Å². The van der Waals surface area contributed by atoms with Gasteiger partial charge in [0.1, 0.15) is 23.0 Å². The second-order valence-electron chi connectivity index (χ2n) is 15.7. The number of benzene rings is 4. The first-order valence-electron chi connectivity index (χ1n) is 20.0. The van der Waals surface area contributed by atoms with Crippen LogP contribution in [-0.2, 0) is 5.41 Å². The lowest BCUT2D eigenvalue weighted by Gasteiger charge is -2.45. The molecule has 2 aromatic heterocycles. The molecule has 0 saturated carbocycles. The van der Waals surface area contributed by atoms with Gasteiger partial charge in [-0.15, -0.1) is 11.8 Å². The van der Waals surface area contributed by atoms with Gasteiger partial charge < -0.3 is 4.42 Å². The van der Waals surface area contributed by atoms with Crippen LogP contribution in [0.1, 0.15) is 70.4 Å². The standard InChI is InChI=1S/C52H39F2NOS/c53-37-16-10-14-35(28-37)52(36-15-11-17-38(54)29-36)43-30-42(32-12-2-1-3-13-32)39-18-4-5-19-40(39)47(43)49-44(52)31-57-51(48-41-20-6-7-22-46(41)56-50(48)49)34-25-23-33(24-26-34)45-21-8-9-27-55-45/h1-2,4-10,12,14,16-30,43,47,51H,3,11,13,15,31H2. The van der Waals surface area contributed by atoms with Gasteiger partial charge >= 0.3 is 0 Å². The molecule has 57 heavy (non-hydrogen) atoms. The van der Waals surface area contributed by atoms with E-state index in [2.05, 4.69) is 102 Å². The van der Waals surface area contributed by atoms with Gasteiger partial charge in [-0.2, -0.15) is 0 Å². The molecule has 0 N–H and O–H groups in total. The van der Waals surface area contributed by atoms with E-state index in [4.69, 9.17) is 4.42 Å². The lowest BCUT2D eigenvalue weighted by molar-refractivity contribution is 0.417. The summed E-state index contributed by atoms with van der Waals surface area (Å²) in [6.07, 6.45) is 17.6. The van der Waals surface area contributed by atoms with Gasteiger partial charge in [0.05, 0.1) is 10.9 Å². The number of thioether (sulfide) groups is 1. The summed E-state index contributed by atoms with van der Waals surface area (Å²) in [5.74, 6) is 0.750. The molecule has 0 radical (unpaired) electrons. The molecule has 6 aromatic rings. The summed E-state index contributed by atoms with van der Waals surface area (Å²) < 4.78 is 38.8. The summed E-state index contributed by atoms with van der Waals surface area (Å²) in [4.78, 5) is 4.60. The number of rotatable bonds is 5. The molecule has 5 aliphatic rings. The molecular weight excluding hydrogens is 725 g/mol. The molecule has 0 amide bonds. The van der Waals surface area contributed by atoms with Crippen LogP contribution in [0.5, 0.6) is 0 Å². The van der Waals surface area contributed by atoms with Gasteiger partial charge in [-0.05, 0) is 107 Å². The molecule has 1 aliphatic heterocycles. The van der Waals surface area contributed by atoms with Crippen molar-refractivity contribution in [2.24, 2.45) is 5.92 Å². The van der Waals surface area contributed by atoms with Crippen molar-refractivity contribution in [1.29, 1.82) is 0 Å². The topological polar surface area (TPSA) is 26.0 Å². The van der Waals surface area contributed by atoms with Crippen LogP contribution in [0.3, 0.4) is 0 Å². The van der Waals surface area contributed by atoms with Gasteiger partial charge in [-0.3, -0.25) is 4.98 Å². The Morgan fingerprint density at radius 2 is 1.68 bits per heavy atom. The minimum absolute atomic E-state index is 0.0585. The predicted octanol–water partition coefficient (Wildman–Crippen LogP) is 13.8. The van der Waals surface area contributed by atoms with Gasteiger partial charge in [0.2, 0.25) is 0 Å². The molecule has 11 rings (SSSR count). The van der Waals surface area contributed by atoms with Gasteiger partial charge in [-0.1, -0.05) is 115 Å². The minimum atomic E-state index is -0.835. The third-order valence-electron chi connectivity index (χ3n) is 12.8. The van der Waals surface area contributed by atoms with E-state index in [9.17, 15) is 0 Å². The van der Waals surface area contributed by atoms with Crippen molar-refractivity contribution in [3.63, 3.8) is 0 Å². The van der Waals surface area contributed by atoms with E-state index < -0.39 is 5.41 Å². The van der Waals surface area contributed by atoms with E-state index in [1.54, 1.807) is 18.2 Å². The monoisotopic (exact) mass is 763 g/mol. The number of hydrogen-bond donors (Lipinski definition) is 0. The molecule has 0 bridgehead atoms. The Hall–Kier alpha value is -5.78. The molecule has 0 fully saturated rings. The van der Waals surface area contributed by atoms with Gasteiger partial charge in [0, 0.05) is 51.3 Å². The number of aromatic nitrogens is 1. The fourth-order valence-corrected chi connectivity index (χ4v) is 12.0. The van der Waals surface area contributed by atoms with E-state index >= 15 is 8.78 Å². The number of halogens is 2. The Balaban J connectivity index is 1.21. The van der Waals surface area contributed by atoms with Crippen molar-refractivity contribution in [3.05, 3.63) is 220 Å². The van der Waals surface area contributed by atoms with Crippen LogP contribution in [0.25, 0.3) is 33.4 Å². The Labute approximate surface area is 335 Å². The maximum Gasteiger partial charge on any atom is 0.136 e. The smallest absolute Gasteiger partial charge is 0.136 e. The van der Waals surface area contributed by atoms with Gasteiger partial charge in [0.15, 0.2) is 0 Å². The zero-order chi connectivity index (χ0) is 38.1. The summed E-state index contributed by atoms with van der Waals surface area (Å²) in [7, 11) is 0. The molecule has 0 saturated heterocycles. The summed E-state index contributed by atoms with van der Waals surface area (Å²) in [6.45, 7) is 0. The van der Waals surface area contributed by atoms with Gasteiger partial charge in [-0.25, -0.2) is 8.78 Å². The Morgan fingerprint density at radius 3 is 2.51 bits per heavy atom. The second-order valence-corrected chi connectivity index (χ2v) is 16.8. The van der Waals surface area contributed by atoms with Crippen molar-refractivity contribution in [2.45, 2.75) is 42.3 Å². The molecule has 278 valence electrons. The fraction of sp³-hybridized carbons (Fsp3) is 0.173. The SMILES string of the molecule is FC1=CCCC(C2(c3cccc(F)c3)C3=C(c4oc5ccccc5c4C(c4ccc(-c5ccccn5)cc4)SC3)C3c4ccccc4C(C4=CC=CCC4)=CC32)=C1. The predicted molar refractivity (Wildman–Crippen MR) is 229 cm³/mol. The number of pyridine rings is 1. The van der Waals surface area contributed by atoms with Crippen molar-refractivity contribution < 1.29 is 13.2 Å². The molecule has 4 unspecified atom stereocenters. The van der Waals surface area contributed by atoms with Gasteiger partial charge in [0.25, 0.3) is 0 Å². The van der Waals surface area contributed by atoms with Crippen molar-refractivity contribution in [2.75, 3.05) is 5.75 Å². The van der Waals surface area contributed by atoms with Crippen molar-refractivity contribution in [1.82, 2.24) is 4.98 Å². The zero-order valence-electron chi connectivity index (χ0n) is 31.3. The first-order valence-corrected chi connectivity index (χ1v) is 21.0. The first-order chi connectivity index (χ1) is 28.1. The van der Waals surface area contributed by atoms with E-state index in [1.807, 2.05) is 48.3 Å². The van der Waals surface area contributed by atoms with E-state index in [-0.39, 0.29) is 28.7 Å². The lowest BCUT2D eigenvalue weighted by atomic mass is 9.58. The highest BCUT2D eigenvalue weighted by atomic mass is 32.2. The Bertz CT molecular complexity index is 2780. The maximum atomic E-state index is 15.8. The van der Waals surface area contributed by atoms with E-state index in [0.717, 1.165) is 63.1 Å². The molecule has 5 heteroatoms.